The van der Waals surface area contributed by atoms with Crippen LogP contribution in [0.1, 0.15) is 16.7 Å². The molecule has 0 fully saturated rings. The van der Waals surface area contributed by atoms with E-state index in [0.29, 0.717) is 7.41 Å². The molecule has 16 heavy (non-hydrogen) atoms. The highest BCUT2D eigenvalue weighted by atomic mass is 16.3. The fraction of sp³-hybridized carbons (Fsp3) is 0.417. The van der Waals surface area contributed by atoms with Crippen molar-refractivity contribution < 1.29 is 9.90 Å². The van der Waals surface area contributed by atoms with Crippen LogP contribution in [-0.4, -0.2) is 36.2 Å². The van der Waals surface area contributed by atoms with Crippen LogP contribution in [0.25, 0.3) is 0 Å². The molecule has 0 bridgehead atoms. The molecule has 0 saturated heterocycles. The van der Waals surface area contributed by atoms with E-state index < -0.39 is 0 Å². The molecule has 0 amide bonds. The van der Waals surface area contributed by atoms with Gasteiger partial charge >= 0.3 is 0 Å². The predicted octanol–water partition coefficient (Wildman–Crippen LogP) is 0.256. The molecule has 4 heteroatoms. The molecule has 1 aliphatic rings. The van der Waals surface area contributed by atoms with E-state index in [-0.39, 0.29) is 12.6 Å². The summed E-state index contributed by atoms with van der Waals surface area (Å²) in [7, 11) is 0.401. The van der Waals surface area contributed by atoms with Crippen LogP contribution in [-0.2, 0) is 17.8 Å². The summed E-state index contributed by atoms with van der Waals surface area (Å²) >= 11 is 0. The van der Waals surface area contributed by atoms with Crippen molar-refractivity contribution in [1.29, 1.82) is 0 Å². The second-order valence-electron chi connectivity index (χ2n) is 4.41. The number of nitrogens with zero attached hydrogens (tertiary/aromatic N) is 1. The first-order valence-electron chi connectivity index (χ1n) is 5.61. The minimum absolute atomic E-state index is 0.0837. The highest BCUT2D eigenvalue weighted by Crippen LogP contribution is 2.23. The van der Waals surface area contributed by atoms with Gasteiger partial charge in [0, 0.05) is 12.6 Å². The molecule has 1 heterocycles. The van der Waals surface area contributed by atoms with Gasteiger partial charge in [0.05, 0.1) is 12.8 Å². The Morgan fingerprint density at radius 1 is 1.56 bits per heavy atom. The number of aliphatic hydroxyl groups excluding tert-OH is 1. The van der Waals surface area contributed by atoms with Gasteiger partial charge in [-0.15, -0.1) is 0 Å². The molecule has 1 atom stereocenters. The van der Waals surface area contributed by atoms with E-state index in [0.717, 1.165) is 19.2 Å². The Bertz CT molecular complexity index is 395. The van der Waals surface area contributed by atoms with Crippen molar-refractivity contribution in [3.8, 4) is 0 Å². The van der Waals surface area contributed by atoms with Gasteiger partial charge in [-0.05, 0) is 24.5 Å². The maximum absolute atomic E-state index is 10.6. The summed E-state index contributed by atoms with van der Waals surface area (Å²) in [4.78, 5) is 12.6. The normalized spacial score (nSPS) is 20.2. The quantitative estimate of drug-likeness (QED) is 0.583. The lowest BCUT2D eigenvalue weighted by molar-refractivity contribution is 0.175. The van der Waals surface area contributed by atoms with Gasteiger partial charge in [0.25, 0.3) is 7.41 Å². The van der Waals surface area contributed by atoms with Crippen molar-refractivity contribution in [2.24, 2.45) is 0 Å². The molecule has 1 aromatic carbocycles. The summed E-state index contributed by atoms with van der Waals surface area (Å²) in [6.07, 6.45) is 1.74. The maximum atomic E-state index is 10.6. The van der Waals surface area contributed by atoms with E-state index in [1.807, 2.05) is 4.81 Å². The van der Waals surface area contributed by atoms with E-state index in [1.165, 1.54) is 16.7 Å². The monoisotopic (exact) mass is 217 g/mol. The minimum atomic E-state index is 0.0837. The Morgan fingerprint density at radius 3 is 3.06 bits per heavy atom. The van der Waals surface area contributed by atoms with Gasteiger partial charge in [0.15, 0.2) is 0 Å². The van der Waals surface area contributed by atoms with Crippen molar-refractivity contribution in [2.75, 3.05) is 6.61 Å². The molecule has 0 saturated carbocycles. The zero-order valence-corrected chi connectivity index (χ0v) is 9.52. The van der Waals surface area contributed by atoms with Gasteiger partial charge in [-0.2, -0.15) is 0 Å². The van der Waals surface area contributed by atoms with Crippen molar-refractivity contribution in [3.63, 3.8) is 0 Å². The van der Waals surface area contributed by atoms with Crippen LogP contribution in [0.15, 0.2) is 18.2 Å². The van der Waals surface area contributed by atoms with Crippen LogP contribution in [0, 0.1) is 6.92 Å². The van der Waals surface area contributed by atoms with Crippen LogP contribution in [0.5, 0.6) is 0 Å². The second-order valence-corrected chi connectivity index (χ2v) is 4.41. The third-order valence-electron chi connectivity index (χ3n) is 3.23. The molecular weight excluding hydrogens is 201 g/mol. The summed E-state index contributed by atoms with van der Waals surface area (Å²) in [5.74, 6) is 0. The zero-order valence-electron chi connectivity index (χ0n) is 9.52. The molecule has 0 unspecified atom stereocenters. The Labute approximate surface area is 96.3 Å². The van der Waals surface area contributed by atoms with Crippen molar-refractivity contribution in [1.82, 2.24) is 4.81 Å². The molecule has 1 aromatic rings. The van der Waals surface area contributed by atoms with E-state index in [4.69, 9.17) is 0 Å². The summed E-state index contributed by atoms with van der Waals surface area (Å²) in [6.45, 7) is 2.95. The van der Waals surface area contributed by atoms with Gasteiger partial charge in [-0.25, -0.2) is 0 Å². The highest BCUT2D eigenvalue weighted by Gasteiger charge is 2.25. The Kier molecular flexibility index (Phi) is 3.41. The number of hydrogen-bond donors (Lipinski definition) is 1. The zero-order chi connectivity index (χ0) is 11.5. The third-order valence-corrected chi connectivity index (χ3v) is 3.23. The van der Waals surface area contributed by atoms with Crippen LogP contribution < -0.4 is 0 Å². The van der Waals surface area contributed by atoms with Crippen molar-refractivity contribution in [3.05, 3.63) is 34.9 Å². The fourth-order valence-corrected chi connectivity index (χ4v) is 2.32. The summed E-state index contributed by atoms with van der Waals surface area (Å²) in [5.41, 5.74) is 3.82. The molecule has 0 aromatic heterocycles. The van der Waals surface area contributed by atoms with Gasteiger partial charge in [0.1, 0.15) is 0 Å². The number of aryl methyl sites for hydroxylation is 1. The van der Waals surface area contributed by atoms with Gasteiger partial charge < -0.3 is 14.7 Å². The van der Waals surface area contributed by atoms with Gasteiger partial charge in [-0.3, -0.25) is 0 Å². The lowest BCUT2D eigenvalue weighted by Gasteiger charge is -2.34. The van der Waals surface area contributed by atoms with Crippen LogP contribution >= 0.6 is 0 Å². The Balaban J connectivity index is 2.26. The predicted molar refractivity (Wildman–Crippen MR) is 65.2 cm³/mol. The molecule has 2 rings (SSSR count). The first-order valence-corrected chi connectivity index (χ1v) is 5.61. The molecule has 0 aliphatic carbocycles. The average Bonchev–Trinajstić information content (AvgIpc) is 2.28. The van der Waals surface area contributed by atoms with Crippen LogP contribution in [0.2, 0.25) is 0 Å². The molecule has 0 spiro atoms. The largest absolute Gasteiger partial charge is 0.395 e. The summed E-state index contributed by atoms with van der Waals surface area (Å²) in [5, 5.41) is 9.31. The Morgan fingerprint density at radius 2 is 2.38 bits per heavy atom. The van der Waals surface area contributed by atoms with Crippen LogP contribution in [0.4, 0.5) is 0 Å². The number of benzene rings is 1. The lowest BCUT2D eigenvalue weighted by atomic mass is 9.84. The number of carbonyl (C=O) groups excluding carboxylic acids is 1. The molecule has 1 N–H and O–H groups in total. The Hall–Kier alpha value is -1.13. The molecule has 1 aliphatic heterocycles. The number of hydrogen-bond acceptors (Lipinski definition) is 3. The van der Waals surface area contributed by atoms with E-state index in [2.05, 4.69) is 25.1 Å². The maximum Gasteiger partial charge on any atom is 0.281 e. The topological polar surface area (TPSA) is 40.5 Å². The second kappa shape index (κ2) is 4.81. The molecule has 84 valence electrons. The standard InChI is InChI=1S/C12H16BNO2/c1-9-2-3-10-5-12(7-15)14(13-8-16)6-11(10)4-9/h2-4,8,12-13,15H,5-7H2,1H3/t12-/m0/s1. The number of fused-ring (bicyclic) bond motifs is 1. The SMILES string of the molecule is Cc1ccc2c(c1)CN(BC=O)[C@H](CO)C2. The first-order chi connectivity index (χ1) is 7.74. The molecule has 3 nitrogen and oxygen atoms in total. The third kappa shape index (κ3) is 2.18. The molecule has 0 radical (unpaired) electrons. The highest BCUT2D eigenvalue weighted by molar-refractivity contribution is 6.64. The van der Waals surface area contributed by atoms with E-state index in [9.17, 15) is 9.90 Å². The molecular formula is C12H16BNO2. The van der Waals surface area contributed by atoms with Crippen molar-refractivity contribution >= 4 is 13.6 Å². The number of carbonyl (C=O) groups is 1. The average molecular weight is 217 g/mol. The minimum Gasteiger partial charge on any atom is -0.395 e. The summed E-state index contributed by atoms with van der Waals surface area (Å²) in [6, 6.07) is 6.48. The van der Waals surface area contributed by atoms with E-state index >= 15 is 0 Å². The fourth-order valence-electron chi connectivity index (χ4n) is 2.32. The number of rotatable bonds is 3. The van der Waals surface area contributed by atoms with E-state index in [1.54, 1.807) is 0 Å². The lowest BCUT2D eigenvalue weighted by Crippen LogP contribution is -2.45. The van der Waals surface area contributed by atoms with Crippen LogP contribution in [0.3, 0.4) is 0 Å². The van der Waals surface area contributed by atoms with Gasteiger partial charge in [-0.1, -0.05) is 23.8 Å². The number of aliphatic hydroxyl groups is 1. The smallest absolute Gasteiger partial charge is 0.281 e. The summed E-state index contributed by atoms with van der Waals surface area (Å²) < 4.78 is 0. The van der Waals surface area contributed by atoms with Gasteiger partial charge in [0.2, 0.25) is 0 Å². The first kappa shape index (κ1) is 11.4. The van der Waals surface area contributed by atoms with Crippen molar-refractivity contribution in [2.45, 2.75) is 25.9 Å².